The predicted molar refractivity (Wildman–Crippen MR) is 78.9 cm³/mol. The molecule has 0 atom stereocenters. The van der Waals surface area contributed by atoms with Crippen LogP contribution in [0.3, 0.4) is 0 Å². The van der Waals surface area contributed by atoms with Gasteiger partial charge in [0.1, 0.15) is 0 Å². The van der Waals surface area contributed by atoms with Gasteiger partial charge in [0.25, 0.3) is 0 Å². The van der Waals surface area contributed by atoms with Gasteiger partial charge in [-0.25, -0.2) is 0 Å². The van der Waals surface area contributed by atoms with Crippen molar-refractivity contribution in [1.29, 1.82) is 0 Å². The third kappa shape index (κ3) is 4.52. The zero-order valence-electron chi connectivity index (χ0n) is 11.5. The van der Waals surface area contributed by atoms with Gasteiger partial charge in [0.05, 0.1) is 5.75 Å². The molecule has 0 aromatic carbocycles. The summed E-state index contributed by atoms with van der Waals surface area (Å²) in [5.41, 5.74) is 10.9. The Morgan fingerprint density at radius 2 is 1.80 bits per heavy atom. The predicted octanol–water partition coefficient (Wildman–Crippen LogP) is 0.823. The number of nitrogens with zero attached hydrogens (tertiary/aromatic N) is 3. The van der Waals surface area contributed by atoms with Gasteiger partial charge in [0, 0.05) is 6.04 Å². The number of rotatable bonds is 4. The Hall–Kier alpha value is -1.57. The van der Waals surface area contributed by atoms with Gasteiger partial charge < -0.3 is 16.8 Å². The Morgan fingerprint density at radius 1 is 1.20 bits per heavy atom. The van der Waals surface area contributed by atoms with Gasteiger partial charge in [-0.15, -0.1) is 0 Å². The Balaban J connectivity index is 1.77. The molecule has 1 amide bonds. The van der Waals surface area contributed by atoms with E-state index in [1.165, 1.54) is 24.6 Å². The molecule has 0 radical (unpaired) electrons. The molecule has 7 nitrogen and oxygen atoms in total. The van der Waals surface area contributed by atoms with Crippen LogP contribution in [-0.2, 0) is 4.79 Å². The zero-order valence-corrected chi connectivity index (χ0v) is 12.3. The van der Waals surface area contributed by atoms with E-state index in [9.17, 15) is 4.79 Å². The second kappa shape index (κ2) is 6.74. The fourth-order valence-electron chi connectivity index (χ4n) is 2.26. The molecule has 0 saturated heterocycles. The summed E-state index contributed by atoms with van der Waals surface area (Å²) in [5, 5.41) is 3.42. The Morgan fingerprint density at radius 3 is 2.40 bits per heavy atom. The van der Waals surface area contributed by atoms with E-state index in [0.29, 0.717) is 11.2 Å². The average molecular weight is 296 g/mol. The first-order chi connectivity index (χ1) is 9.52. The molecule has 1 saturated carbocycles. The number of carbonyl (C=O) groups is 1. The first-order valence-electron chi connectivity index (χ1n) is 6.72. The van der Waals surface area contributed by atoms with Crippen LogP contribution in [0.25, 0.3) is 0 Å². The van der Waals surface area contributed by atoms with Crippen molar-refractivity contribution in [1.82, 2.24) is 20.3 Å². The lowest BCUT2D eigenvalue weighted by Crippen LogP contribution is -2.38. The van der Waals surface area contributed by atoms with Gasteiger partial charge in [-0.2, -0.15) is 15.0 Å². The summed E-state index contributed by atoms with van der Waals surface area (Å²) >= 11 is 1.21. The average Bonchev–Trinajstić information content (AvgIpc) is 2.38. The summed E-state index contributed by atoms with van der Waals surface area (Å²) in [6.45, 7) is 2.25. The molecular formula is C12H20N6OS. The van der Waals surface area contributed by atoms with Crippen molar-refractivity contribution in [2.24, 2.45) is 5.92 Å². The van der Waals surface area contributed by atoms with Gasteiger partial charge in [0.2, 0.25) is 17.8 Å². The number of nitrogens with one attached hydrogen (secondary N) is 1. The lowest BCUT2D eigenvalue weighted by Gasteiger charge is -2.26. The van der Waals surface area contributed by atoms with Gasteiger partial charge in [-0.3, -0.25) is 4.79 Å². The maximum absolute atomic E-state index is 11.9. The maximum Gasteiger partial charge on any atom is 0.230 e. The molecule has 1 aromatic rings. The molecule has 1 fully saturated rings. The van der Waals surface area contributed by atoms with Gasteiger partial charge in [-0.05, 0) is 31.6 Å². The normalized spacial score (nSPS) is 22.4. The number of nitrogen functional groups attached to an aromatic ring is 2. The molecule has 1 aromatic heterocycles. The van der Waals surface area contributed by atoms with E-state index in [0.717, 1.165) is 18.8 Å². The van der Waals surface area contributed by atoms with E-state index in [4.69, 9.17) is 11.5 Å². The van der Waals surface area contributed by atoms with Crippen LogP contribution >= 0.6 is 11.8 Å². The molecule has 20 heavy (non-hydrogen) atoms. The number of carbonyl (C=O) groups excluding carboxylic acids is 1. The van der Waals surface area contributed by atoms with Crippen molar-refractivity contribution < 1.29 is 4.79 Å². The van der Waals surface area contributed by atoms with Crippen molar-refractivity contribution in [2.75, 3.05) is 17.2 Å². The molecule has 0 unspecified atom stereocenters. The first-order valence-corrected chi connectivity index (χ1v) is 7.70. The molecule has 5 N–H and O–H groups in total. The molecule has 2 rings (SSSR count). The summed E-state index contributed by atoms with van der Waals surface area (Å²) in [5.74, 6) is 1.17. The summed E-state index contributed by atoms with van der Waals surface area (Å²) in [7, 11) is 0. The summed E-state index contributed by atoms with van der Waals surface area (Å²) in [6.07, 6.45) is 4.48. The number of thioether (sulfide) groups is 1. The number of anilines is 2. The van der Waals surface area contributed by atoms with E-state index < -0.39 is 0 Å². The highest BCUT2D eigenvalue weighted by Gasteiger charge is 2.19. The molecule has 0 aliphatic heterocycles. The topological polar surface area (TPSA) is 120 Å². The van der Waals surface area contributed by atoms with Gasteiger partial charge in [0.15, 0.2) is 5.16 Å². The Labute approximate surface area is 122 Å². The van der Waals surface area contributed by atoms with Crippen molar-refractivity contribution in [3.8, 4) is 0 Å². The fourth-order valence-corrected chi connectivity index (χ4v) is 2.92. The molecular weight excluding hydrogens is 276 g/mol. The molecule has 1 aliphatic carbocycles. The third-order valence-corrected chi connectivity index (χ3v) is 4.21. The number of nitrogens with two attached hydrogens (primary N) is 2. The lowest BCUT2D eigenvalue weighted by atomic mass is 9.87. The van der Waals surface area contributed by atoms with Crippen LogP contribution in [0.2, 0.25) is 0 Å². The fraction of sp³-hybridized carbons (Fsp3) is 0.667. The second-order valence-electron chi connectivity index (χ2n) is 5.15. The maximum atomic E-state index is 11.9. The minimum atomic E-state index is -0.00731. The van der Waals surface area contributed by atoms with Crippen molar-refractivity contribution in [2.45, 2.75) is 43.8 Å². The first kappa shape index (κ1) is 14.8. The SMILES string of the molecule is CC1CCC(NC(=O)CSc2nc(N)nc(N)n2)CC1. The van der Waals surface area contributed by atoms with Crippen LogP contribution in [0.5, 0.6) is 0 Å². The highest BCUT2D eigenvalue weighted by Crippen LogP contribution is 2.23. The number of aromatic nitrogens is 3. The summed E-state index contributed by atoms with van der Waals surface area (Å²) < 4.78 is 0. The van der Waals surface area contributed by atoms with Crippen LogP contribution in [0.4, 0.5) is 11.9 Å². The van der Waals surface area contributed by atoms with E-state index in [1.807, 2.05) is 0 Å². The van der Waals surface area contributed by atoms with Crippen molar-refractivity contribution in [3.05, 3.63) is 0 Å². The zero-order chi connectivity index (χ0) is 14.5. The van der Waals surface area contributed by atoms with Crippen LogP contribution in [0, 0.1) is 5.92 Å². The molecule has 110 valence electrons. The lowest BCUT2D eigenvalue weighted by molar-refractivity contribution is -0.119. The monoisotopic (exact) mass is 296 g/mol. The second-order valence-corrected chi connectivity index (χ2v) is 6.09. The summed E-state index contributed by atoms with van der Waals surface area (Å²) in [6, 6.07) is 0.299. The highest BCUT2D eigenvalue weighted by molar-refractivity contribution is 7.99. The van der Waals surface area contributed by atoms with Crippen LogP contribution in [0.1, 0.15) is 32.6 Å². The van der Waals surface area contributed by atoms with Crippen molar-refractivity contribution in [3.63, 3.8) is 0 Å². The third-order valence-electron chi connectivity index (χ3n) is 3.36. The van der Waals surface area contributed by atoms with Gasteiger partial charge in [-0.1, -0.05) is 18.7 Å². The number of hydrogen-bond acceptors (Lipinski definition) is 7. The quantitative estimate of drug-likeness (QED) is 0.703. The van der Waals surface area contributed by atoms with E-state index in [2.05, 4.69) is 27.2 Å². The van der Waals surface area contributed by atoms with E-state index >= 15 is 0 Å². The van der Waals surface area contributed by atoms with Crippen LogP contribution in [0.15, 0.2) is 5.16 Å². The number of amides is 1. The Bertz CT molecular complexity index is 455. The van der Waals surface area contributed by atoms with Crippen LogP contribution < -0.4 is 16.8 Å². The largest absolute Gasteiger partial charge is 0.368 e. The molecule has 8 heteroatoms. The number of hydrogen-bond donors (Lipinski definition) is 3. The standard InChI is InChI=1S/C12H20N6OS/c1-7-2-4-8(5-3-7)15-9(19)6-20-12-17-10(13)16-11(14)18-12/h7-8H,2-6H2,1H3,(H,15,19)(H4,13,14,16,17,18). The smallest absolute Gasteiger partial charge is 0.230 e. The molecule has 1 aliphatic rings. The van der Waals surface area contributed by atoms with E-state index in [1.54, 1.807) is 0 Å². The molecule has 0 spiro atoms. The van der Waals surface area contributed by atoms with Gasteiger partial charge >= 0.3 is 0 Å². The summed E-state index contributed by atoms with van der Waals surface area (Å²) in [4.78, 5) is 23.4. The Kier molecular flexibility index (Phi) is 4.99. The molecule has 1 heterocycles. The highest BCUT2D eigenvalue weighted by atomic mass is 32.2. The minimum Gasteiger partial charge on any atom is -0.368 e. The minimum absolute atomic E-state index is 0.00731. The van der Waals surface area contributed by atoms with Crippen molar-refractivity contribution >= 4 is 29.6 Å². The van der Waals surface area contributed by atoms with E-state index in [-0.39, 0.29) is 23.6 Å². The van der Waals surface area contributed by atoms with Crippen LogP contribution in [-0.4, -0.2) is 32.7 Å². The molecule has 0 bridgehead atoms.